The van der Waals surface area contributed by atoms with Crippen molar-refractivity contribution in [1.82, 2.24) is 0 Å². The molecule has 1 aliphatic carbocycles. The lowest BCUT2D eigenvalue weighted by molar-refractivity contribution is 0.332. The topological polar surface area (TPSA) is 6.48 Å². The third-order valence-corrected chi connectivity index (χ3v) is 14.4. The molecule has 6 aromatic carbocycles. The van der Waals surface area contributed by atoms with Crippen molar-refractivity contribution in [3.05, 3.63) is 137 Å². The molecule has 3 aliphatic heterocycles. The van der Waals surface area contributed by atoms with Gasteiger partial charge in [0.25, 0.3) is 0 Å². The minimum Gasteiger partial charge on any atom is -0.376 e. The van der Waals surface area contributed by atoms with Crippen LogP contribution in [0.2, 0.25) is 0 Å². The van der Waals surface area contributed by atoms with E-state index in [0.717, 1.165) is 0 Å². The van der Waals surface area contributed by atoms with E-state index in [4.69, 9.17) is 0 Å². The Hall–Kier alpha value is -4.80. The van der Waals surface area contributed by atoms with Crippen molar-refractivity contribution in [3.63, 3.8) is 0 Å². The third kappa shape index (κ3) is 3.86. The summed E-state index contributed by atoms with van der Waals surface area (Å²) in [6.45, 7) is 16.9. The van der Waals surface area contributed by atoms with Crippen molar-refractivity contribution in [2.45, 2.75) is 77.6 Å². The van der Waals surface area contributed by atoms with Crippen LogP contribution in [0.4, 0.5) is 28.4 Å². The van der Waals surface area contributed by atoms with E-state index < -0.39 is 0 Å². The van der Waals surface area contributed by atoms with Gasteiger partial charge in [0.15, 0.2) is 0 Å². The molecule has 4 heteroatoms. The summed E-state index contributed by atoms with van der Waals surface area (Å²) in [6, 6.07) is 42.6. The van der Waals surface area contributed by atoms with Gasteiger partial charge >= 0.3 is 6.85 Å². The second-order valence-corrected chi connectivity index (χ2v) is 18.8. The Labute approximate surface area is 311 Å². The molecule has 1 aromatic heterocycles. The number of para-hydroxylation sites is 2. The highest BCUT2D eigenvalue weighted by Gasteiger charge is 2.50. The van der Waals surface area contributed by atoms with Gasteiger partial charge in [-0.1, -0.05) is 108 Å². The number of anilines is 5. The predicted molar refractivity (Wildman–Crippen MR) is 225 cm³/mol. The first-order chi connectivity index (χ1) is 24.9. The molecule has 11 rings (SSSR count). The largest absolute Gasteiger partial charge is 0.376 e. The van der Waals surface area contributed by atoms with E-state index in [9.17, 15) is 0 Å². The lowest BCUT2D eigenvalue weighted by atomic mass is 9.42. The van der Waals surface area contributed by atoms with E-state index in [1.807, 2.05) is 11.3 Å². The fourth-order valence-corrected chi connectivity index (χ4v) is 11.6. The van der Waals surface area contributed by atoms with Crippen LogP contribution in [0.25, 0.3) is 31.3 Å². The molecule has 0 bridgehead atoms. The van der Waals surface area contributed by atoms with Crippen molar-refractivity contribution < 1.29 is 0 Å². The average molecular weight is 691 g/mol. The highest BCUT2D eigenvalue weighted by molar-refractivity contribution is 7.25. The van der Waals surface area contributed by atoms with Gasteiger partial charge in [0.2, 0.25) is 0 Å². The lowest BCUT2D eigenvalue weighted by Gasteiger charge is -2.50. The van der Waals surface area contributed by atoms with Crippen LogP contribution in [0.1, 0.15) is 82.2 Å². The zero-order valence-electron chi connectivity index (χ0n) is 31.2. The molecule has 4 heterocycles. The van der Waals surface area contributed by atoms with Gasteiger partial charge in [-0.25, -0.2) is 0 Å². The van der Waals surface area contributed by atoms with Crippen molar-refractivity contribution in [2.75, 3.05) is 9.71 Å². The lowest BCUT2D eigenvalue weighted by Crippen LogP contribution is -2.62. The first kappa shape index (κ1) is 30.8. The summed E-state index contributed by atoms with van der Waals surface area (Å²) in [4.78, 5) is 5.35. The fraction of sp³-hybridized carbons (Fsp3) is 0.250. The van der Waals surface area contributed by atoms with E-state index in [0.29, 0.717) is 0 Å². The Morgan fingerprint density at radius 3 is 2.17 bits per heavy atom. The molecular weight excluding hydrogens is 647 g/mol. The molecule has 0 saturated heterocycles. The smallest absolute Gasteiger partial charge is 0.333 e. The van der Waals surface area contributed by atoms with Crippen LogP contribution in [-0.4, -0.2) is 6.85 Å². The predicted octanol–water partition coefficient (Wildman–Crippen LogP) is 12.1. The van der Waals surface area contributed by atoms with Gasteiger partial charge in [0.1, 0.15) is 0 Å². The monoisotopic (exact) mass is 690 g/mol. The number of benzene rings is 6. The molecule has 254 valence electrons. The molecule has 0 unspecified atom stereocenters. The molecule has 0 amide bonds. The Morgan fingerprint density at radius 2 is 1.33 bits per heavy atom. The van der Waals surface area contributed by atoms with Gasteiger partial charge in [-0.2, -0.15) is 0 Å². The molecule has 52 heavy (non-hydrogen) atoms. The molecule has 7 aromatic rings. The molecule has 2 nitrogen and oxygen atoms in total. The minimum atomic E-state index is -0.134. The summed E-state index contributed by atoms with van der Waals surface area (Å²) in [6.07, 6.45) is 2.41. The van der Waals surface area contributed by atoms with Gasteiger partial charge in [-0.3, -0.25) is 0 Å². The van der Waals surface area contributed by atoms with E-state index in [-0.39, 0.29) is 23.1 Å². The summed E-state index contributed by atoms with van der Waals surface area (Å²) >= 11 is 1.92. The number of rotatable bonds is 1. The zero-order chi connectivity index (χ0) is 35.5. The molecule has 4 aliphatic rings. The van der Waals surface area contributed by atoms with Crippen molar-refractivity contribution >= 4 is 77.7 Å². The molecule has 0 radical (unpaired) electrons. The zero-order valence-corrected chi connectivity index (χ0v) is 32.0. The average Bonchev–Trinajstić information content (AvgIpc) is 3.49. The highest BCUT2D eigenvalue weighted by Crippen LogP contribution is 2.56. The van der Waals surface area contributed by atoms with Crippen molar-refractivity contribution in [3.8, 4) is 11.1 Å². The normalized spacial score (nSPS) is 18.1. The maximum atomic E-state index is 2.73. The van der Waals surface area contributed by atoms with Crippen LogP contribution in [0.15, 0.2) is 109 Å². The quantitative estimate of drug-likeness (QED) is 0.158. The Bertz CT molecular complexity index is 2710. The SMILES string of the molecule is Cc1cc2c3c(c1)N1c4ccccc4C(C)(C)c4cccc(c41)B3N(c1ccc3c(c1)C(C)(C)CCC3(C)C)c1cc3sc4ccccc4c3cc1-2. The van der Waals surface area contributed by atoms with E-state index in [1.54, 1.807) is 0 Å². The van der Waals surface area contributed by atoms with Crippen LogP contribution in [0.5, 0.6) is 0 Å². The second kappa shape index (κ2) is 9.99. The maximum Gasteiger partial charge on any atom is 0.333 e. The van der Waals surface area contributed by atoms with Crippen LogP contribution >= 0.6 is 11.3 Å². The van der Waals surface area contributed by atoms with Crippen LogP contribution in [0, 0.1) is 6.92 Å². The number of thiophene rings is 1. The number of aryl methyl sites for hydroxylation is 1. The first-order valence-corrected chi connectivity index (χ1v) is 19.8. The standard InChI is InChI=1S/C48H43BN2S/c1-28-23-33-31-26-32-30-13-8-11-18-42(30)52-43(32)27-40(31)51(29-19-20-34-37(25-29)47(4,5)22-21-46(34,2)3)49-38-16-12-15-36-45(38)50(41(24-28)44(33)49)39-17-10-9-14-35(39)48(36,6)7/h8-20,23-27H,21-22H2,1-7H3. The highest BCUT2D eigenvalue weighted by atomic mass is 32.1. The van der Waals surface area contributed by atoms with Crippen LogP contribution in [-0.2, 0) is 16.2 Å². The van der Waals surface area contributed by atoms with E-state index >= 15 is 0 Å². The molecule has 0 N–H and O–H groups in total. The number of hydrogen-bond acceptors (Lipinski definition) is 3. The summed E-state index contributed by atoms with van der Waals surface area (Å²) in [5, 5.41) is 2.70. The fourth-order valence-electron chi connectivity index (χ4n) is 10.5. The van der Waals surface area contributed by atoms with Crippen LogP contribution in [0.3, 0.4) is 0 Å². The molecule has 0 fully saturated rings. The first-order valence-electron chi connectivity index (χ1n) is 19.0. The summed E-state index contributed by atoms with van der Waals surface area (Å²) < 4.78 is 2.70. The van der Waals surface area contributed by atoms with Crippen molar-refractivity contribution in [1.29, 1.82) is 0 Å². The molecular formula is C48H43BN2S. The van der Waals surface area contributed by atoms with Crippen molar-refractivity contribution in [2.24, 2.45) is 0 Å². The Kier molecular flexibility index (Phi) is 5.92. The van der Waals surface area contributed by atoms with E-state index in [2.05, 4.69) is 167 Å². The Morgan fingerprint density at radius 1 is 0.577 bits per heavy atom. The van der Waals surface area contributed by atoms with Crippen LogP contribution < -0.4 is 20.6 Å². The Balaban J connectivity index is 1.28. The van der Waals surface area contributed by atoms with Gasteiger partial charge in [-0.15, -0.1) is 11.3 Å². The van der Waals surface area contributed by atoms with Gasteiger partial charge in [0, 0.05) is 53.9 Å². The van der Waals surface area contributed by atoms with E-state index in [1.165, 1.54) is 111 Å². The summed E-state index contributed by atoms with van der Waals surface area (Å²) in [5.74, 6) is 0. The second-order valence-electron chi connectivity index (χ2n) is 17.7. The maximum absolute atomic E-state index is 2.73. The third-order valence-electron chi connectivity index (χ3n) is 13.3. The number of hydrogen-bond donors (Lipinski definition) is 0. The summed E-state index contributed by atoms with van der Waals surface area (Å²) in [7, 11) is 0. The number of nitrogens with zero attached hydrogens (tertiary/aromatic N) is 2. The number of fused-ring (bicyclic) bond motifs is 10. The minimum absolute atomic E-state index is 0.0231. The summed E-state index contributed by atoms with van der Waals surface area (Å²) in [5.41, 5.74) is 19.3. The van der Waals surface area contributed by atoms with Gasteiger partial charge < -0.3 is 9.71 Å². The van der Waals surface area contributed by atoms with Gasteiger partial charge in [-0.05, 0) is 117 Å². The molecule has 0 atom stereocenters. The molecule has 0 spiro atoms. The van der Waals surface area contributed by atoms with Gasteiger partial charge in [0.05, 0.1) is 5.69 Å². The molecule has 0 saturated carbocycles.